The molecule has 0 bridgehead atoms. The second-order valence-electron chi connectivity index (χ2n) is 6.80. The van der Waals surface area contributed by atoms with E-state index in [4.69, 9.17) is 16.3 Å². The summed E-state index contributed by atoms with van der Waals surface area (Å²) in [6, 6.07) is 15.3. The third-order valence-electron chi connectivity index (χ3n) is 4.98. The van der Waals surface area contributed by atoms with E-state index in [1.807, 2.05) is 37.3 Å². The summed E-state index contributed by atoms with van der Waals surface area (Å²) in [5.74, 6) is 0.698. The molecule has 4 nitrogen and oxygen atoms in total. The molecule has 2 aromatic rings. The van der Waals surface area contributed by atoms with E-state index in [0.29, 0.717) is 18.7 Å². The fraction of sp³-hybridized carbons (Fsp3) is 0.409. The zero-order valence-electron chi connectivity index (χ0n) is 15.8. The van der Waals surface area contributed by atoms with Gasteiger partial charge in [-0.1, -0.05) is 36.2 Å². The van der Waals surface area contributed by atoms with E-state index < -0.39 is 0 Å². The SMILES string of the molecule is CCOc1ccc(C(=O)NC[C@@H](c2ccccc2Cl)N2CCCCC2)cc1. The van der Waals surface area contributed by atoms with Crippen LogP contribution in [0.1, 0.15) is 48.1 Å². The summed E-state index contributed by atoms with van der Waals surface area (Å²) in [5, 5.41) is 3.85. The van der Waals surface area contributed by atoms with Gasteiger partial charge >= 0.3 is 0 Å². The molecule has 1 atom stereocenters. The Balaban J connectivity index is 1.70. The van der Waals surface area contributed by atoms with Gasteiger partial charge in [0.05, 0.1) is 12.6 Å². The van der Waals surface area contributed by atoms with Gasteiger partial charge in [0.15, 0.2) is 0 Å². The minimum Gasteiger partial charge on any atom is -0.494 e. The van der Waals surface area contributed by atoms with Crippen molar-refractivity contribution in [2.45, 2.75) is 32.2 Å². The largest absolute Gasteiger partial charge is 0.494 e. The molecule has 0 saturated carbocycles. The van der Waals surface area contributed by atoms with Crippen molar-refractivity contribution in [3.8, 4) is 5.75 Å². The van der Waals surface area contributed by atoms with Crippen LogP contribution in [0.3, 0.4) is 0 Å². The van der Waals surface area contributed by atoms with E-state index in [1.54, 1.807) is 12.1 Å². The zero-order valence-corrected chi connectivity index (χ0v) is 16.5. The Morgan fingerprint density at radius 2 is 1.81 bits per heavy atom. The molecule has 0 aliphatic carbocycles. The van der Waals surface area contributed by atoms with Crippen LogP contribution in [0, 0.1) is 0 Å². The van der Waals surface area contributed by atoms with E-state index in [2.05, 4.69) is 16.3 Å². The van der Waals surface area contributed by atoms with Crippen molar-refractivity contribution in [3.05, 3.63) is 64.7 Å². The first-order valence-corrected chi connectivity index (χ1v) is 10.1. The predicted octanol–water partition coefficient (Wildman–Crippen LogP) is 4.70. The van der Waals surface area contributed by atoms with Gasteiger partial charge in [-0.25, -0.2) is 0 Å². The van der Waals surface area contributed by atoms with Crippen molar-refractivity contribution >= 4 is 17.5 Å². The number of rotatable bonds is 7. The number of nitrogens with one attached hydrogen (secondary N) is 1. The topological polar surface area (TPSA) is 41.6 Å². The summed E-state index contributed by atoms with van der Waals surface area (Å²) >= 11 is 6.46. The lowest BCUT2D eigenvalue weighted by atomic mass is 10.0. The number of nitrogens with zero attached hydrogens (tertiary/aromatic N) is 1. The molecule has 0 unspecified atom stereocenters. The summed E-state index contributed by atoms with van der Waals surface area (Å²) < 4.78 is 5.44. The van der Waals surface area contributed by atoms with Crippen LogP contribution in [-0.4, -0.2) is 37.0 Å². The number of halogens is 1. The molecule has 27 heavy (non-hydrogen) atoms. The number of carbonyl (C=O) groups excluding carboxylic acids is 1. The molecule has 0 radical (unpaired) electrons. The highest BCUT2D eigenvalue weighted by molar-refractivity contribution is 6.31. The van der Waals surface area contributed by atoms with Crippen LogP contribution < -0.4 is 10.1 Å². The third kappa shape index (κ3) is 5.24. The standard InChI is InChI=1S/C22H27ClN2O2/c1-2-27-18-12-10-17(11-13-18)22(26)24-16-21(25-14-6-3-7-15-25)19-8-4-5-9-20(19)23/h4-5,8-13,21H,2-3,6-7,14-16H2,1H3,(H,24,26)/t21-/m0/s1. The van der Waals surface area contributed by atoms with E-state index in [1.165, 1.54) is 19.3 Å². The van der Waals surface area contributed by atoms with Gasteiger partial charge < -0.3 is 10.1 Å². The van der Waals surface area contributed by atoms with Gasteiger partial charge in [0.25, 0.3) is 5.91 Å². The van der Waals surface area contributed by atoms with Crippen LogP contribution >= 0.6 is 11.6 Å². The van der Waals surface area contributed by atoms with Crippen LogP contribution in [0.5, 0.6) is 5.75 Å². The predicted molar refractivity (Wildman–Crippen MR) is 110 cm³/mol. The summed E-state index contributed by atoms with van der Waals surface area (Å²) in [5.41, 5.74) is 1.71. The number of piperidine rings is 1. The van der Waals surface area contributed by atoms with Crippen molar-refractivity contribution in [1.29, 1.82) is 0 Å². The molecule has 1 saturated heterocycles. The van der Waals surface area contributed by atoms with Crippen LogP contribution in [0.4, 0.5) is 0 Å². The van der Waals surface area contributed by atoms with Gasteiger partial charge in [-0.15, -0.1) is 0 Å². The van der Waals surface area contributed by atoms with Crippen molar-refractivity contribution in [3.63, 3.8) is 0 Å². The molecule has 144 valence electrons. The lowest BCUT2D eigenvalue weighted by Crippen LogP contribution is -2.40. The molecule has 0 aromatic heterocycles. The molecule has 1 aliphatic heterocycles. The first-order valence-electron chi connectivity index (χ1n) is 9.68. The molecular weight excluding hydrogens is 360 g/mol. The minimum absolute atomic E-state index is 0.0767. The van der Waals surface area contributed by atoms with Crippen LogP contribution in [-0.2, 0) is 0 Å². The number of benzene rings is 2. The quantitative estimate of drug-likeness (QED) is 0.750. The third-order valence-corrected chi connectivity index (χ3v) is 5.32. The van der Waals surface area contributed by atoms with Gasteiger partial charge in [0.2, 0.25) is 0 Å². The average molecular weight is 387 g/mol. The zero-order chi connectivity index (χ0) is 19.1. The maximum Gasteiger partial charge on any atom is 0.251 e. The molecule has 0 spiro atoms. The van der Waals surface area contributed by atoms with E-state index in [0.717, 1.165) is 29.4 Å². The van der Waals surface area contributed by atoms with Crippen molar-refractivity contribution in [1.82, 2.24) is 10.2 Å². The average Bonchev–Trinajstić information content (AvgIpc) is 2.71. The van der Waals surface area contributed by atoms with Crippen LogP contribution in [0.2, 0.25) is 5.02 Å². The molecule has 5 heteroatoms. The van der Waals surface area contributed by atoms with Gasteiger partial charge in [-0.2, -0.15) is 0 Å². The number of hydrogen-bond donors (Lipinski definition) is 1. The number of amides is 1. The second kappa shape index (κ2) is 9.77. The fourth-order valence-electron chi connectivity index (χ4n) is 3.57. The molecular formula is C22H27ClN2O2. The molecule has 1 N–H and O–H groups in total. The molecule has 2 aromatic carbocycles. The van der Waals surface area contributed by atoms with Gasteiger partial charge in [0.1, 0.15) is 5.75 Å². The lowest BCUT2D eigenvalue weighted by Gasteiger charge is -2.35. The first kappa shape index (κ1) is 19.7. The highest BCUT2D eigenvalue weighted by Gasteiger charge is 2.24. The van der Waals surface area contributed by atoms with Crippen LogP contribution in [0.25, 0.3) is 0 Å². The lowest BCUT2D eigenvalue weighted by molar-refractivity contribution is 0.0924. The fourth-order valence-corrected chi connectivity index (χ4v) is 3.83. The molecule has 1 aliphatic rings. The molecule has 1 amide bonds. The summed E-state index contributed by atoms with van der Waals surface area (Å²) in [6.45, 7) is 5.16. The number of carbonyl (C=O) groups is 1. The van der Waals surface area contributed by atoms with Gasteiger partial charge in [0, 0.05) is 17.1 Å². The van der Waals surface area contributed by atoms with Crippen molar-refractivity contribution in [2.24, 2.45) is 0 Å². The Labute approximate surface area is 166 Å². The maximum absolute atomic E-state index is 12.6. The Bertz CT molecular complexity index is 742. The summed E-state index contributed by atoms with van der Waals surface area (Å²) in [6.07, 6.45) is 3.64. The number of ether oxygens (including phenoxy) is 1. The summed E-state index contributed by atoms with van der Waals surface area (Å²) in [7, 11) is 0. The van der Waals surface area contributed by atoms with Gasteiger partial charge in [-0.3, -0.25) is 9.69 Å². The Kier molecular flexibility index (Phi) is 7.13. The van der Waals surface area contributed by atoms with Gasteiger partial charge in [-0.05, 0) is 68.8 Å². The highest BCUT2D eigenvalue weighted by atomic mass is 35.5. The van der Waals surface area contributed by atoms with Crippen LogP contribution in [0.15, 0.2) is 48.5 Å². The number of hydrogen-bond acceptors (Lipinski definition) is 3. The van der Waals surface area contributed by atoms with E-state index in [-0.39, 0.29) is 11.9 Å². The smallest absolute Gasteiger partial charge is 0.251 e. The minimum atomic E-state index is -0.0767. The molecule has 1 heterocycles. The molecule has 1 fully saturated rings. The molecule has 3 rings (SSSR count). The number of likely N-dealkylation sites (tertiary alicyclic amines) is 1. The van der Waals surface area contributed by atoms with E-state index in [9.17, 15) is 4.79 Å². The maximum atomic E-state index is 12.6. The van der Waals surface area contributed by atoms with Crippen molar-refractivity contribution < 1.29 is 9.53 Å². The normalized spacial score (nSPS) is 15.9. The highest BCUT2D eigenvalue weighted by Crippen LogP contribution is 2.29. The Morgan fingerprint density at radius 3 is 2.48 bits per heavy atom. The Hall–Kier alpha value is -2.04. The second-order valence-corrected chi connectivity index (χ2v) is 7.21. The van der Waals surface area contributed by atoms with E-state index >= 15 is 0 Å². The Morgan fingerprint density at radius 1 is 1.11 bits per heavy atom. The first-order chi connectivity index (χ1) is 13.2. The van der Waals surface area contributed by atoms with Crippen molar-refractivity contribution in [2.75, 3.05) is 26.2 Å². The monoisotopic (exact) mass is 386 g/mol. The summed E-state index contributed by atoms with van der Waals surface area (Å²) in [4.78, 5) is 15.0.